The molecule has 0 spiro atoms. The van der Waals surface area contributed by atoms with Crippen LogP contribution in [0.3, 0.4) is 0 Å². The van der Waals surface area contributed by atoms with Gasteiger partial charge in [0, 0.05) is 80.2 Å². The standard InChI is InChI=1S/C23H24ClN7/c24-18-3-4-19-20(5-7-25-21(19)17-18)26-9-12-29-13-15-30(16-14-29)22-6-8-27-23(28-22)31-10-1-2-11-31/h1-8,10-11,17H,9,12-16H2,(H,25,26). The Labute approximate surface area is 186 Å². The zero-order valence-electron chi connectivity index (χ0n) is 17.2. The van der Waals surface area contributed by atoms with Crippen molar-refractivity contribution in [2.45, 2.75) is 0 Å². The summed E-state index contributed by atoms with van der Waals surface area (Å²) in [6, 6.07) is 13.8. The summed E-state index contributed by atoms with van der Waals surface area (Å²) < 4.78 is 1.93. The van der Waals surface area contributed by atoms with Gasteiger partial charge in [0.1, 0.15) is 5.82 Å². The summed E-state index contributed by atoms with van der Waals surface area (Å²) in [7, 11) is 0. The van der Waals surface area contributed by atoms with Crippen LogP contribution in [-0.4, -0.2) is 63.7 Å². The van der Waals surface area contributed by atoms with Crippen LogP contribution in [0.4, 0.5) is 11.5 Å². The number of aromatic nitrogens is 4. The van der Waals surface area contributed by atoms with Gasteiger partial charge in [0.05, 0.1) is 5.52 Å². The molecule has 1 saturated heterocycles. The normalized spacial score (nSPS) is 14.8. The van der Waals surface area contributed by atoms with E-state index in [9.17, 15) is 0 Å². The van der Waals surface area contributed by atoms with E-state index in [0.29, 0.717) is 11.0 Å². The number of rotatable bonds is 6. The monoisotopic (exact) mass is 433 g/mol. The summed E-state index contributed by atoms with van der Waals surface area (Å²) >= 11 is 6.09. The Morgan fingerprint density at radius 3 is 2.58 bits per heavy atom. The van der Waals surface area contributed by atoms with Crippen molar-refractivity contribution >= 4 is 34.0 Å². The molecule has 0 saturated carbocycles. The molecule has 0 unspecified atom stereocenters. The molecule has 4 heterocycles. The van der Waals surface area contributed by atoms with Gasteiger partial charge in [-0.3, -0.25) is 14.5 Å². The maximum Gasteiger partial charge on any atom is 0.235 e. The van der Waals surface area contributed by atoms with Gasteiger partial charge >= 0.3 is 0 Å². The van der Waals surface area contributed by atoms with Crippen molar-refractivity contribution in [1.82, 2.24) is 24.4 Å². The smallest absolute Gasteiger partial charge is 0.235 e. The third-order valence-corrected chi connectivity index (χ3v) is 5.84. The number of piperazine rings is 1. The van der Waals surface area contributed by atoms with Gasteiger partial charge in [0.2, 0.25) is 5.95 Å². The van der Waals surface area contributed by atoms with E-state index in [4.69, 9.17) is 16.6 Å². The molecule has 1 fully saturated rings. The van der Waals surface area contributed by atoms with Gasteiger partial charge < -0.3 is 10.2 Å². The molecule has 3 aromatic heterocycles. The highest BCUT2D eigenvalue weighted by atomic mass is 35.5. The summed E-state index contributed by atoms with van der Waals surface area (Å²) in [6.07, 6.45) is 7.58. The second-order valence-electron chi connectivity index (χ2n) is 7.58. The third-order valence-electron chi connectivity index (χ3n) is 5.61. The fourth-order valence-electron chi connectivity index (χ4n) is 3.93. The van der Waals surface area contributed by atoms with Crippen molar-refractivity contribution < 1.29 is 0 Å². The van der Waals surface area contributed by atoms with Crippen molar-refractivity contribution in [3.05, 3.63) is 72.3 Å². The molecule has 4 aromatic rings. The Morgan fingerprint density at radius 1 is 0.935 bits per heavy atom. The summed E-state index contributed by atoms with van der Waals surface area (Å²) in [5, 5.41) is 5.36. The molecule has 8 heteroatoms. The van der Waals surface area contributed by atoms with Gasteiger partial charge in [0.15, 0.2) is 0 Å². The first-order valence-corrected chi connectivity index (χ1v) is 10.9. The fourth-order valence-corrected chi connectivity index (χ4v) is 4.10. The number of nitrogens with zero attached hydrogens (tertiary/aromatic N) is 6. The lowest BCUT2D eigenvalue weighted by molar-refractivity contribution is 0.266. The van der Waals surface area contributed by atoms with Gasteiger partial charge in [0.25, 0.3) is 0 Å². The highest BCUT2D eigenvalue weighted by molar-refractivity contribution is 6.31. The van der Waals surface area contributed by atoms with Crippen molar-refractivity contribution in [2.75, 3.05) is 49.5 Å². The minimum atomic E-state index is 0.708. The first-order chi connectivity index (χ1) is 15.3. The molecule has 0 radical (unpaired) electrons. The van der Waals surface area contributed by atoms with Crippen LogP contribution in [0.15, 0.2) is 67.3 Å². The molecule has 7 nitrogen and oxygen atoms in total. The molecule has 5 rings (SSSR count). The van der Waals surface area contributed by atoms with Crippen LogP contribution in [-0.2, 0) is 0 Å². The third kappa shape index (κ3) is 4.47. The minimum absolute atomic E-state index is 0.708. The van der Waals surface area contributed by atoms with E-state index in [1.807, 2.05) is 71.8 Å². The van der Waals surface area contributed by atoms with Crippen molar-refractivity contribution in [1.29, 1.82) is 0 Å². The number of nitrogens with one attached hydrogen (secondary N) is 1. The zero-order chi connectivity index (χ0) is 21.0. The lowest BCUT2D eigenvalue weighted by Crippen LogP contribution is -2.48. The van der Waals surface area contributed by atoms with E-state index in [1.54, 1.807) is 0 Å². The minimum Gasteiger partial charge on any atom is -0.383 e. The first-order valence-electron chi connectivity index (χ1n) is 10.5. The van der Waals surface area contributed by atoms with Crippen LogP contribution in [0.25, 0.3) is 16.9 Å². The van der Waals surface area contributed by atoms with Crippen molar-refractivity contribution in [3.8, 4) is 5.95 Å². The molecule has 1 aliphatic heterocycles. The van der Waals surface area contributed by atoms with Crippen LogP contribution >= 0.6 is 11.6 Å². The molecule has 1 aromatic carbocycles. The summed E-state index contributed by atoms with van der Waals surface area (Å²) in [6.45, 7) is 5.81. The fraction of sp³-hybridized carbons (Fsp3) is 0.261. The van der Waals surface area contributed by atoms with Gasteiger partial charge in [-0.15, -0.1) is 0 Å². The number of anilines is 2. The molecule has 0 aliphatic carbocycles. The van der Waals surface area contributed by atoms with E-state index in [2.05, 4.69) is 25.1 Å². The summed E-state index contributed by atoms with van der Waals surface area (Å²) in [5.41, 5.74) is 2.01. The van der Waals surface area contributed by atoms with E-state index in [1.165, 1.54) is 0 Å². The number of hydrogen-bond acceptors (Lipinski definition) is 6. The quantitative estimate of drug-likeness (QED) is 0.500. The predicted molar refractivity (Wildman–Crippen MR) is 125 cm³/mol. The number of hydrogen-bond donors (Lipinski definition) is 1. The zero-order valence-corrected chi connectivity index (χ0v) is 17.9. The molecule has 0 atom stereocenters. The van der Waals surface area contributed by atoms with E-state index in [-0.39, 0.29) is 0 Å². The Bertz CT molecular complexity index is 1150. The Balaban J connectivity index is 1.15. The molecular formula is C23H24ClN7. The van der Waals surface area contributed by atoms with E-state index < -0.39 is 0 Å². The topological polar surface area (TPSA) is 62.1 Å². The largest absolute Gasteiger partial charge is 0.383 e. The first kappa shape index (κ1) is 19.8. The van der Waals surface area contributed by atoms with Crippen molar-refractivity contribution in [2.24, 2.45) is 0 Å². The van der Waals surface area contributed by atoms with Gasteiger partial charge in [-0.2, -0.15) is 4.98 Å². The van der Waals surface area contributed by atoms with Gasteiger partial charge in [-0.25, -0.2) is 4.98 Å². The molecule has 158 valence electrons. The molecule has 1 aliphatic rings. The maximum atomic E-state index is 6.09. The van der Waals surface area contributed by atoms with Crippen molar-refractivity contribution in [3.63, 3.8) is 0 Å². The highest BCUT2D eigenvalue weighted by Crippen LogP contribution is 2.24. The molecule has 0 amide bonds. The van der Waals surface area contributed by atoms with Gasteiger partial charge in [-0.1, -0.05) is 11.6 Å². The van der Waals surface area contributed by atoms with E-state index >= 15 is 0 Å². The SMILES string of the molecule is Clc1ccc2c(NCCN3CCN(c4ccnc(-n5cccc5)n4)CC3)ccnc2c1. The summed E-state index contributed by atoms with van der Waals surface area (Å²) in [5.74, 6) is 1.69. The van der Waals surface area contributed by atoms with Gasteiger partial charge in [-0.05, 0) is 42.5 Å². The van der Waals surface area contributed by atoms with Crippen LogP contribution in [0, 0.1) is 0 Å². The molecule has 1 N–H and O–H groups in total. The number of pyridine rings is 1. The average Bonchev–Trinajstić information content (AvgIpc) is 3.35. The predicted octanol–water partition coefficient (Wildman–Crippen LogP) is 3.70. The Morgan fingerprint density at radius 2 is 1.74 bits per heavy atom. The lowest BCUT2D eigenvalue weighted by Gasteiger charge is -2.35. The maximum absolute atomic E-state index is 6.09. The molecule has 31 heavy (non-hydrogen) atoms. The Kier molecular flexibility index (Phi) is 5.69. The average molecular weight is 434 g/mol. The number of fused-ring (bicyclic) bond motifs is 1. The second-order valence-corrected chi connectivity index (χ2v) is 8.02. The number of benzene rings is 1. The second kappa shape index (κ2) is 8.91. The van der Waals surface area contributed by atoms with Crippen LogP contribution < -0.4 is 10.2 Å². The van der Waals surface area contributed by atoms with Crippen LogP contribution in [0.5, 0.6) is 0 Å². The summed E-state index contributed by atoms with van der Waals surface area (Å²) in [4.78, 5) is 18.3. The molecule has 0 bridgehead atoms. The Hall–Kier alpha value is -3.16. The van der Waals surface area contributed by atoms with Crippen LogP contribution in [0.2, 0.25) is 5.02 Å². The molecular weight excluding hydrogens is 410 g/mol. The lowest BCUT2D eigenvalue weighted by atomic mass is 10.2. The van der Waals surface area contributed by atoms with Crippen LogP contribution in [0.1, 0.15) is 0 Å². The van der Waals surface area contributed by atoms with E-state index in [0.717, 1.165) is 61.7 Å². The highest BCUT2D eigenvalue weighted by Gasteiger charge is 2.18. The number of halogens is 1.